The molecule has 4 nitrogen and oxygen atoms in total. The summed E-state index contributed by atoms with van der Waals surface area (Å²) in [6.07, 6.45) is 2.69. The van der Waals surface area contributed by atoms with Gasteiger partial charge in [0.25, 0.3) is 0 Å². The van der Waals surface area contributed by atoms with Crippen molar-refractivity contribution >= 4 is 33.2 Å². The van der Waals surface area contributed by atoms with Crippen LogP contribution in [0.15, 0.2) is 20.9 Å². The predicted molar refractivity (Wildman–Crippen MR) is 93.0 cm³/mol. The van der Waals surface area contributed by atoms with Crippen molar-refractivity contribution in [1.29, 1.82) is 0 Å². The van der Waals surface area contributed by atoms with Gasteiger partial charge in [-0.25, -0.2) is 4.99 Å². The van der Waals surface area contributed by atoms with E-state index in [0.29, 0.717) is 6.54 Å². The first-order valence-corrected chi connectivity index (χ1v) is 9.11. The first-order chi connectivity index (χ1) is 10.2. The Bertz CT molecular complexity index is 460. The summed E-state index contributed by atoms with van der Waals surface area (Å²) < 4.78 is 6.85. The minimum absolute atomic E-state index is 0.714. The van der Waals surface area contributed by atoms with E-state index in [1.54, 1.807) is 11.3 Å². The highest BCUT2D eigenvalue weighted by Crippen LogP contribution is 2.28. The summed E-state index contributed by atoms with van der Waals surface area (Å²) >= 11 is 5.21. The number of likely N-dealkylation sites (N-methyl/N-ethyl adjacent to an activating group) is 1. The van der Waals surface area contributed by atoms with Crippen molar-refractivity contribution in [1.82, 2.24) is 10.2 Å². The third kappa shape index (κ3) is 6.36. The number of guanidine groups is 1. The third-order valence-electron chi connectivity index (χ3n) is 3.33. The summed E-state index contributed by atoms with van der Waals surface area (Å²) in [4.78, 5) is 8.09. The molecule has 1 saturated carbocycles. The maximum atomic E-state index is 5.69. The molecule has 1 aliphatic carbocycles. The summed E-state index contributed by atoms with van der Waals surface area (Å²) in [6.45, 7) is 6.24. The molecule has 0 spiro atoms. The highest BCUT2D eigenvalue weighted by Gasteiger charge is 2.21. The first kappa shape index (κ1) is 16.8. The summed E-state index contributed by atoms with van der Waals surface area (Å²) in [7, 11) is 2.06. The molecular formula is C15H24BrN3OS. The molecule has 1 aromatic heterocycles. The molecule has 21 heavy (non-hydrogen) atoms. The van der Waals surface area contributed by atoms with Crippen molar-refractivity contribution in [2.24, 2.45) is 10.9 Å². The lowest BCUT2D eigenvalue weighted by Crippen LogP contribution is -2.40. The van der Waals surface area contributed by atoms with Crippen molar-refractivity contribution in [3.63, 3.8) is 0 Å². The lowest BCUT2D eigenvalue weighted by atomic mass is 10.4. The summed E-state index contributed by atoms with van der Waals surface area (Å²) in [6, 6.07) is 4.18. The van der Waals surface area contributed by atoms with Gasteiger partial charge in [0.15, 0.2) is 5.96 Å². The van der Waals surface area contributed by atoms with Gasteiger partial charge in [-0.15, -0.1) is 11.3 Å². The van der Waals surface area contributed by atoms with E-state index in [2.05, 4.69) is 57.2 Å². The van der Waals surface area contributed by atoms with Crippen LogP contribution < -0.4 is 5.32 Å². The Labute approximate surface area is 139 Å². The molecule has 1 aliphatic rings. The van der Waals surface area contributed by atoms with E-state index in [-0.39, 0.29) is 0 Å². The maximum Gasteiger partial charge on any atom is 0.194 e. The molecule has 0 atom stereocenters. The van der Waals surface area contributed by atoms with E-state index in [0.717, 1.165) is 42.0 Å². The minimum atomic E-state index is 0.714. The van der Waals surface area contributed by atoms with E-state index in [1.165, 1.54) is 17.7 Å². The topological polar surface area (TPSA) is 36.9 Å². The fourth-order valence-corrected chi connectivity index (χ4v) is 3.31. The fourth-order valence-electron chi connectivity index (χ4n) is 1.90. The zero-order valence-corrected chi connectivity index (χ0v) is 15.2. The largest absolute Gasteiger partial charge is 0.379 e. The molecule has 0 bridgehead atoms. The second-order valence-electron chi connectivity index (χ2n) is 5.32. The van der Waals surface area contributed by atoms with Gasteiger partial charge in [-0.1, -0.05) is 0 Å². The standard InChI is InChI=1S/C15H24BrN3OS/c1-3-17-15(18-10-13-6-7-14(16)21-13)19(2)8-9-20-11-12-4-5-12/h6-7,12H,3-5,8-11H2,1-2H3,(H,17,18). The van der Waals surface area contributed by atoms with Crippen LogP contribution in [0.3, 0.4) is 0 Å². The second kappa shape index (κ2) is 8.76. The summed E-state index contributed by atoms with van der Waals surface area (Å²) in [5, 5.41) is 3.33. The molecule has 1 N–H and O–H groups in total. The van der Waals surface area contributed by atoms with Crippen molar-refractivity contribution < 1.29 is 4.74 Å². The van der Waals surface area contributed by atoms with E-state index in [9.17, 15) is 0 Å². The molecule has 1 fully saturated rings. The third-order valence-corrected chi connectivity index (χ3v) is 4.94. The van der Waals surface area contributed by atoms with Gasteiger partial charge < -0.3 is 15.0 Å². The quantitative estimate of drug-likeness (QED) is 0.431. The van der Waals surface area contributed by atoms with Crippen molar-refractivity contribution in [3.05, 3.63) is 20.8 Å². The molecule has 6 heteroatoms. The Morgan fingerprint density at radius 3 is 2.95 bits per heavy atom. The van der Waals surface area contributed by atoms with E-state index < -0.39 is 0 Å². The smallest absolute Gasteiger partial charge is 0.194 e. The number of hydrogen-bond acceptors (Lipinski definition) is 3. The normalized spacial score (nSPS) is 15.3. The number of halogens is 1. The number of thiophene rings is 1. The number of rotatable bonds is 8. The molecule has 118 valence electrons. The number of aliphatic imine (C=N–C) groups is 1. The van der Waals surface area contributed by atoms with Crippen molar-refractivity contribution in [2.45, 2.75) is 26.3 Å². The van der Waals surface area contributed by atoms with Crippen LogP contribution in [-0.2, 0) is 11.3 Å². The molecule has 0 radical (unpaired) electrons. The van der Waals surface area contributed by atoms with Gasteiger partial charge in [0.05, 0.1) is 16.9 Å². The Balaban J connectivity index is 1.77. The monoisotopic (exact) mass is 373 g/mol. The fraction of sp³-hybridized carbons (Fsp3) is 0.667. The van der Waals surface area contributed by atoms with Crippen LogP contribution in [0, 0.1) is 5.92 Å². The van der Waals surface area contributed by atoms with Crippen LogP contribution in [-0.4, -0.2) is 44.2 Å². The maximum absolute atomic E-state index is 5.69. The Morgan fingerprint density at radius 2 is 2.33 bits per heavy atom. The number of hydrogen-bond donors (Lipinski definition) is 1. The molecule has 2 rings (SSSR count). The predicted octanol–water partition coefficient (Wildman–Crippen LogP) is 3.33. The molecular weight excluding hydrogens is 350 g/mol. The second-order valence-corrected chi connectivity index (χ2v) is 7.86. The molecule has 0 amide bonds. The molecule has 1 heterocycles. The number of nitrogens with zero attached hydrogens (tertiary/aromatic N) is 2. The lowest BCUT2D eigenvalue weighted by molar-refractivity contribution is 0.115. The van der Waals surface area contributed by atoms with E-state index in [4.69, 9.17) is 4.74 Å². The van der Waals surface area contributed by atoms with E-state index >= 15 is 0 Å². The minimum Gasteiger partial charge on any atom is -0.379 e. The molecule has 0 aromatic carbocycles. The van der Waals surface area contributed by atoms with E-state index in [1.807, 2.05) is 0 Å². The zero-order chi connectivity index (χ0) is 15.1. The van der Waals surface area contributed by atoms with Crippen LogP contribution in [0.25, 0.3) is 0 Å². The number of nitrogens with one attached hydrogen (secondary N) is 1. The van der Waals surface area contributed by atoms with Crippen LogP contribution >= 0.6 is 27.3 Å². The Morgan fingerprint density at radius 1 is 1.52 bits per heavy atom. The Kier molecular flexibility index (Phi) is 6.99. The van der Waals surface area contributed by atoms with Gasteiger partial charge in [-0.3, -0.25) is 0 Å². The molecule has 0 aliphatic heterocycles. The van der Waals surface area contributed by atoms with Gasteiger partial charge in [-0.2, -0.15) is 0 Å². The SMILES string of the molecule is CCNC(=NCc1ccc(Br)s1)N(C)CCOCC1CC1. The van der Waals surface area contributed by atoms with Gasteiger partial charge >= 0.3 is 0 Å². The summed E-state index contributed by atoms with van der Waals surface area (Å²) in [5.74, 6) is 1.77. The average molecular weight is 374 g/mol. The molecule has 0 unspecified atom stereocenters. The van der Waals surface area contributed by atoms with Crippen LogP contribution in [0.2, 0.25) is 0 Å². The first-order valence-electron chi connectivity index (χ1n) is 7.50. The van der Waals surface area contributed by atoms with Gasteiger partial charge in [0.2, 0.25) is 0 Å². The average Bonchev–Trinajstić information content (AvgIpc) is 3.20. The van der Waals surface area contributed by atoms with Crippen molar-refractivity contribution in [2.75, 3.05) is 33.4 Å². The lowest BCUT2D eigenvalue weighted by Gasteiger charge is -2.21. The number of ether oxygens (including phenoxy) is 1. The van der Waals surface area contributed by atoms with Crippen LogP contribution in [0.1, 0.15) is 24.6 Å². The van der Waals surface area contributed by atoms with Gasteiger partial charge in [-0.05, 0) is 53.7 Å². The molecule has 0 saturated heterocycles. The highest BCUT2D eigenvalue weighted by molar-refractivity contribution is 9.11. The van der Waals surface area contributed by atoms with Gasteiger partial charge in [0, 0.05) is 31.6 Å². The van der Waals surface area contributed by atoms with Crippen molar-refractivity contribution in [3.8, 4) is 0 Å². The highest BCUT2D eigenvalue weighted by atomic mass is 79.9. The summed E-state index contributed by atoms with van der Waals surface area (Å²) in [5.41, 5.74) is 0. The molecule has 1 aromatic rings. The zero-order valence-electron chi connectivity index (χ0n) is 12.8. The van der Waals surface area contributed by atoms with Gasteiger partial charge in [0.1, 0.15) is 0 Å². The Hall–Kier alpha value is -0.590. The van der Waals surface area contributed by atoms with Crippen LogP contribution in [0.4, 0.5) is 0 Å². The van der Waals surface area contributed by atoms with Crippen LogP contribution in [0.5, 0.6) is 0 Å².